The Hall–Kier alpha value is -3.26. The van der Waals surface area contributed by atoms with Gasteiger partial charge in [-0.25, -0.2) is 4.98 Å². The summed E-state index contributed by atoms with van der Waals surface area (Å²) in [5.74, 6) is -0.274. The third-order valence-electron chi connectivity index (χ3n) is 5.53. The molecule has 30 heavy (non-hydrogen) atoms. The highest BCUT2D eigenvalue weighted by atomic mass is 32.1. The molecule has 1 aliphatic heterocycles. The summed E-state index contributed by atoms with van der Waals surface area (Å²) in [6.45, 7) is 2.00. The molecular weight excluding hydrogens is 398 g/mol. The van der Waals surface area contributed by atoms with E-state index in [0.29, 0.717) is 15.9 Å². The number of rotatable bonds is 4. The molecule has 0 bridgehead atoms. The first-order chi connectivity index (χ1) is 14.7. The topological polar surface area (TPSA) is 80.1 Å². The Kier molecular flexibility index (Phi) is 4.92. The van der Waals surface area contributed by atoms with Crippen LogP contribution < -0.4 is 15.8 Å². The second kappa shape index (κ2) is 7.87. The second-order valence-electron chi connectivity index (χ2n) is 7.47. The van der Waals surface area contributed by atoms with Gasteiger partial charge in [0.05, 0.1) is 17.4 Å². The molecule has 8 heteroatoms. The van der Waals surface area contributed by atoms with E-state index in [1.54, 1.807) is 18.5 Å². The quantitative estimate of drug-likeness (QED) is 0.546. The van der Waals surface area contributed by atoms with Crippen LogP contribution in [0.15, 0.2) is 53.2 Å². The van der Waals surface area contributed by atoms with Gasteiger partial charge in [-0.15, -0.1) is 11.3 Å². The number of piperidine rings is 1. The van der Waals surface area contributed by atoms with Crippen LogP contribution in [0.25, 0.3) is 21.0 Å². The number of carbonyl (C=O) groups is 1. The smallest absolute Gasteiger partial charge is 0.262 e. The molecule has 4 aromatic rings. The Labute approximate surface area is 177 Å². The van der Waals surface area contributed by atoms with E-state index in [9.17, 15) is 9.59 Å². The van der Waals surface area contributed by atoms with Crippen molar-refractivity contribution in [2.75, 3.05) is 23.3 Å². The number of amides is 1. The van der Waals surface area contributed by atoms with Crippen molar-refractivity contribution in [1.29, 1.82) is 0 Å². The zero-order chi connectivity index (χ0) is 20.5. The Balaban J connectivity index is 1.42. The Morgan fingerprint density at radius 3 is 2.80 bits per heavy atom. The average Bonchev–Trinajstić information content (AvgIpc) is 3.26. The van der Waals surface area contributed by atoms with E-state index >= 15 is 0 Å². The van der Waals surface area contributed by atoms with Crippen molar-refractivity contribution in [1.82, 2.24) is 14.5 Å². The molecule has 0 radical (unpaired) electrons. The van der Waals surface area contributed by atoms with Crippen LogP contribution in [0.5, 0.6) is 0 Å². The van der Waals surface area contributed by atoms with Crippen LogP contribution in [0.4, 0.5) is 11.4 Å². The number of hydrogen-bond acceptors (Lipinski definition) is 6. The molecule has 0 unspecified atom stereocenters. The lowest BCUT2D eigenvalue weighted by atomic mass is 10.1. The minimum atomic E-state index is -0.274. The number of aromatic nitrogens is 3. The number of anilines is 2. The van der Waals surface area contributed by atoms with Gasteiger partial charge < -0.3 is 10.2 Å². The summed E-state index contributed by atoms with van der Waals surface area (Å²) in [6, 6.07) is 7.72. The number of thiophene rings is 1. The Bertz CT molecular complexity index is 1290. The molecule has 3 aromatic heterocycles. The number of fused-ring (bicyclic) bond motifs is 2. The standard InChI is InChI=1S/C22H21N5O2S/c28-20(13-27-14-24-21-16(22(27)29)7-11-30-21)25-18-4-5-19(26-9-2-1-3-10-26)15-6-8-23-12-17(15)18/h4-8,11-12,14H,1-3,9-10,13H2,(H,25,28). The summed E-state index contributed by atoms with van der Waals surface area (Å²) >= 11 is 1.41. The van der Waals surface area contributed by atoms with E-state index in [-0.39, 0.29) is 18.0 Å². The van der Waals surface area contributed by atoms with E-state index in [1.165, 1.54) is 47.2 Å². The van der Waals surface area contributed by atoms with Gasteiger partial charge in [0.25, 0.3) is 5.56 Å². The fraction of sp³-hybridized carbons (Fsp3) is 0.273. The van der Waals surface area contributed by atoms with Crippen molar-refractivity contribution in [3.8, 4) is 0 Å². The van der Waals surface area contributed by atoms with Crippen LogP contribution in [-0.2, 0) is 11.3 Å². The highest BCUT2D eigenvalue weighted by molar-refractivity contribution is 7.16. The average molecular weight is 420 g/mol. The van der Waals surface area contributed by atoms with Crippen molar-refractivity contribution in [3.05, 3.63) is 58.7 Å². The summed E-state index contributed by atoms with van der Waals surface area (Å²) in [6.07, 6.45) is 8.66. The lowest BCUT2D eigenvalue weighted by molar-refractivity contribution is -0.116. The van der Waals surface area contributed by atoms with Crippen molar-refractivity contribution in [2.45, 2.75) is 25.8 Å². The van der Waals surface area contributed by atoms with Crippen molar-refractivity contribution >= 4 is 49.6 Å². The molecule has 152 valence electrons. The lowest BCUT2D eigenvalue weighted by Gasteiger charge is -2.30. The number of benzene rings is 1. The van der Waals surface area contributed by atoms with Gasteiger partial charge in [0.2, 0.25) is 5.91 Å². The first kappa shape index (κ1) is 18.7. The third-order valence-corrected chi connectivity index (χ3v) is 6.35. The van der Waals surface area contributed by atoms with Crippen molar-refractivity contribution < 1.29 is 4.79 Å². The fourth-order valence-corrected chi connectivity index (χ4v) is 4.77. The predicted octanol–water partition coefficient (Wildman–Crippen LogP) is 3.64. The monoisotopic (exact) mass is 419 g/mol. The van der Waals surface area contributed by atoms with E-state index < -0.39 is 0 Å². The van der Waals surface area contributed by atoms with Crippen LogP contribution in [0.2, 0.25) is 0 Å². The maximum Gasteiger partial charge on any atom is 0.262 e. The van der Waals surface area contributed by atoms with Gasteiger partial charge in [0, 0.05) is 41.9 Å². The summed E-state index contributed by atoms with van der Waals surface area (Å²) in [7, 11) is 0. The van der Waals surface area contributed by atoms with Gasteiger partial charge in [-0.1, -0.05) is 0 Å². The van der Waals surface area contributed by atoms with E-state index in [4.69, 9.17) is 0 Å². The summed E-state index contributed by atoms with van der Waals surface area (Å²) in [5, 5.41) is 7.28. The number of hydrogen-bond donors (Lipinski definition) is 1. The van der Waals surface area contributed by atoms with Gasteiger partial charge in [-0.2, -0.15) is 0 Å². The minimum Gasteiger partial charge on any atom is -0.371 e. The maximum absolute atomic E-state index is 12.7. The van der Waals surface area contributed by atoms with E-state index in [0.717, 1.165) is 23.9 Å². The van der Waals surface area contributed by atoms with Crippen molar-refractivity contribution in [3.63, 3.8) is 0 Å². The predicted molar refractivity (Wildman–Crippen MR) is 120 cm³/mol. The number of carbonyl (C=O) groups excluding carboxylic acids is 1. The van der Waals surface area contributed by atoms with Crippen LogP contribution in [0.1, 0.15) is 19.3 Å². The summed E-state index contributed by atoms with van der Waals surface area (Å²) in [4.78, 5) is 36.9. The molecule has 1 aliphatic rings. The molecule has 1 aromatic carbocycles. The normalized spacial score (nSPS) is 14.3. The molecule has 1 saturated heterocycles. The van der Waals surface area contributed by atoms with Crippen LogP contribution in [0.3, 0.4) is 0 Å². The summed E-state index contributed by atoms with van der Waals surface area (Å²) in [5.41, 5.74) is 1.67. The van der Waals surface area contributed by atoms with Gasteiger partial charge in [0.15, 0.2) is 0 Å². The first-order valence-electron chi connectivity index (χ1n) is 10.0. The zero-order valence-electron chi connectivity index (χ0n) is 16.4. The van der Waals surface area contributed by atoms with E-state index in [1.807, 2.05) is 17.5 Å². The van der Waals surface area contributed by atoms with Crippen LogP contribution in [0, 0.1) is 0 Å². The molecule has 7 nitrogen and oxygen atoms in total. The highest BCUT2D eigenvalue weighted by Gasteiger charge is 2.16. The molecule has 1 amide bonds. The van der Waals surface area contributed by atoms with Gasteiger partial charge in [-0.3, -0.25) is 19.1 Å². The lowest BCUT2D eigenvalue weighted by Crippen LogP contribution is -2.29. The number of pyridine rings is 1. The van der Waals surface area contributed by atoms with E-state index in [2.05, 4.69) is 26.3 Å². The first-order valence-corrected chi connectivity index (χ1v) is 10.9. The molecule has 0 aliphatic carbocycles. The van der Waals surface area contributed by atoms with Gasteiger partial charge >= 0.3 is 0 Å². The highest BCUT2D eigenvalue weighted by Crippen LogP contribution is 2.33. The molecule has 1 fully saturated rings. The molecular formula is C22H21N5O2S. The Morgan fingerprint density at radius 2 is 1.93 bits per heavy atom. The molecule has 0 spiro atoms. The molecule has 4 heterocycles. The molecule has 1 N–H and O–H groups in total. The third kappa shape index (κ3) is 3.43. The molecule has 0 atom stereocenters. The fourth-order valence-electron chi connectivity index (χ4n) is 4.04. The van der Waals surface area contributed by atoms with Crippen LogP contribution in [-0.4, -0.2) is 33.5 Å². The number of nitrogens with zero attached hydrogens (tertiary/aromatic N) is 4. The maximum atomic E-state index is 12.7. The Morgan fingerprint density at radius 1 is 1.07 bits per heavy atom. The number of nitrogens with one attached hydrogen (secondary N) is 1. The van der Waals surface area contributed by atoms with Gasteiger partial charge in [-0.05, 0) is 48.9 Å². The summed E-state index contributed by atoms with van der Waals surface area (Å²) < 4.78 is 1.34. The largest absolute Gasteiger partial charge is 0.371 e. The molecule has 0 saturated carbocycles. The van der Waals surface area contributed by atoms with Crippen molar-refractivity contribution in [2.24, 2.45) is 0 Å². The minimum absolute atomic E-state index is 0.0900. The zero-order valence-corrected chi connectivity index (χ0v) is 17.2. The SMILES string of the molecule is O=C(Cn1cnc2sccc2c1=O)Nc1ccc(N2CCCCC2)c2ccncc12. The molecule has 5 rings (SSSR count). The van der Waals surface area contributed by atoms with Crippen LogP contribution >= 0.6 is 11.3 Å². The second-order valence-corrected chi connectivity index (χ2v) is 8.36. The van der Waals surface area contributed by atoms with Gasteiger partial charge in [0.1, 0.15) is 11.4 Å².